The van der Waals surface area contributed by atoms with E-state index in [0.29, 0.717) is 12.4 Å². The first-order valence-corrected chi connectivity index (χ1v) is 5.34. The van der Waals surface area contributed by atoms with Gasteiger partial charge in [0.15, 0.2) is 0 Å². The summed E-state index contributed by atoms with van der Waals surface area (Å²) in [5, 5.41) is 0. The van der Waals surface area contributed by atoms with E-state index in [4.69, 9.17) is 4.74 Å². The summed E-state index contributed by atoms with van der Waals surface area (Å²) in [5.74, 6) is 0.0939. The average Bonchev–Trinajstić information content (AvgIpc) is 2.03. The highest BCUT2D eigenvalue weighted by Crippen LogP contribution is 2.14. The number of ether oxygens (including phenoxy) is 1. The topological polar surface area (TPSA) is 43.4 Å². The molecule has 0 aromatic carbocycles. The predicted molar refractivity (Wildman–Crippen MR) is 49.4 cm³/mol. The van der Waals surface area contributed by atoms with E-state index in [0.717, 1.165) is 0 Å². The molecule has 0 heterocycles. The number of esters is 1. The summed E-state index contributed by atoms with van der Waals surface area (Å²) in [6.45, 7) is 7.15. The molecule has 4 heteroatoms. The van der Waals surface area contributed by atoms with Gasteiger partial charge in [0.2, 0.25) is 0 Å². The largest absolute Gasteiger partial charge is 0.465 e. The van der Waals surface area contributed by atoms with Gasteiger partial charge in [0.25, 0.3) is 0 Å². The Balaban J connectivity index is 4.38. The van der Waals surface area contributed by atoms with Gasteiger partial charge in [-0.25, -0.2) is 0 Å². The maximum Gasteiger partial charge on any atom is 0.324 e. The minimum Gasteiger partial charge on any atom is -0.465 e. The van der Waals surface area contributed by atoms with Crippen LogP contribution >= 0.6 is 0 Å². The molecule has 0 N–H and O–H groups in total. The monoisotopic (exact) mass is 192 g/mol. The molecule has 12 heavy (non-hydrogen) atoms. The van der Waals surface area contributed by atoms with Crippen molar-refractivity contribution in [2.24, 2.45) is 0 Å². The number of rotatable bonds is 4. The molecule has 0 aliphatic rings. The summed E-state index contributed by atoms with van der Waals surface area (Å²) in [5.41, 5.74) is 0. The Morgan fingerprint density at radius 3 is 2.25 bits per heavy atom. The summed E-state index contributed by atoms with van der Waals surface area (Å²) in [6.07, 6.45) is 0. The Labute approximate surface area is 75.9 Å². The van der Waals surface area contributed by atoms with Crippen molar-refractivity contribution in [3.63, 3.8) is 0 Å². The Bertz CT molecular complexity index is 187. The zero-order valence-electron chi connectivity index (χ0n) is 8.05. The average molecular weight is 192 g/mol. The third kappa shape index (κ3) is 2.59. The first-order chi connectivity index (χ1) is 5.46. The first kappa shape index (κ1) is 11.6. The highest BCUT2D eigenvalue weighted by Gasteiger charge is 2.34. The van der Waals surface area contributed by atoms with Crippen molar-refractivity contribution in [1.82, 2.24) is 0 Å². The van der Waals surface area contributed by atoms with Gasteiger partial charge in [-0.3, -0.25) is 9.00 Å². The van der Waals surface area contributed by atoms with Crippen LogP contribution in [0.1, 0.15) is 27.7 Å². The van der Waals surface area contributed by atoms with E-state index >= 15 is 0 Å². The second-order valence-corrected chi connectivity index (χ2v) is 5.15. The Morgan fingerprint density at radius 1 is 1.42 bits per heavy atom. The van der Waals surface area contributed by atoms with Gasteiger partial charge in [-0.15, -0.1) is 0 Å². The Hall–Kier alpha value is -0.380. The van der Waals surface area contributed by atoms with Crippen molar-refractivity contribution in [3.05, 3.63) is 0 Å². The lowest BCUT2D eigenvalue weighted by atomic mass is 10.2. The number of hydrogen-bond donors (Lipinski definition) is 0. The molecule has 0 aliphatic heterocycles. The van der Waals surface area contributed by atoms with Crippen LogP contribution in [0.3, 0.4) is 0 Å². The van der Waals surface area contributed by atoms with Crippen molar-refractivity contribution in [1.29, 1.82) is 0 Å². The van der Waals surface area contributed by atoms with Gasteiger partial charge in [0, 0.05) is 16.6 Å². The summed E-state index contributed by atoms with van der Waals surface area (Å²) in [6, 6.07) is 0. The van der Waals surface area contributed by atoms with Gasteiger partial charge < -0.3 is 4.74 Å². The van der Waals surface area contributed by atoms with E-state index in [2.05, 4.69) is 0 Å². The summed E-state index contributed by atoms with van der Waals surface area (Å²) < 4.78 is 15.3. The van der Waals surface area contributed by atoms with Crippen molar-refractivity contribution in [2.75, 3.05) is 12.4 Å². The fourth-order valence-corrected chi connectivity index (χ4v) is 1.73. The van der Waals surface area contributed by atoms with Crippen molar-refractivity contribution >= 4 is 16.8 Å². The van der Waals surface area contributed by atoms with Crippen LogP contribution in [0, 0.1) is 0 Å². The molecular formula is C8H16O3S. The molecular weight excluding hydrogens is 176 g/mol. The lowest BCUT2D eigenvalue weighted by Crippen LogP contribution is -2.39. The van der Waals surface area contributed by atoms with Crippen LogP contribution in [0.25, 0.3) is 0 Å². The van der Waals surface area contributed by atoms with Gasteiger partial charge in [-0.2, -0.15) is 0 Å². The zero-order valence-corrected chi connectivity index (χ0v) is 8.86. The lowest BCUT2D eigenvalue weighted by Gasteiger charge is -2.20. The molecule has 0 rings (SSSR count). The molecule has 0 radical (unpaired) electrons. The summed E-state index contributed by atoms with van der Waals surface area (Å²) >= 11 is 0. The Kier molecular flexibility index (Phi) is 4.45. The molecule has 0 aliphatic carbocycles. The maximum atomic E-state index is 11.4. The van der Waals surface area contributed by atoms with Crippen molar-refractivity contribution < 1.29 is 13.7 Å². The van der Waals surface area contributed by atoms with Crippen LogP contribution in [0.2, 0.25) is 0 Å². The molecule has 72 valence electrons. The van der Waals surface area contributed by atoms with E-state index in [1.807, 2.05) is 0 Å². The molecule has 0 spiro atoms. The highest BCUT2D eigenvalue weighted by molar-refractivity contribution is 7.87. The molecule has 0 fully saturated rings. The second kappa shape index (κ2) is 4.60. The van der Waals surface area contributed by atoms with Crippen LogP contribution in [0.15, 0.2) is 0 Å². The fraction of sp³-hybridized carbons (Fsp3) is 0.875. The molecule has 0 aromatic heterocycles. The number of hydrogen-bond acceptors (Lipinski definition) is 3. The number of carbonyl (C=O) groups is 1. The Morgan fingerprint density at radius 2 is 1.92 bits per heavy atom. The van der Waals surface area contributed by atoms with E-state index in [-0.39, 0.29) is 5.97 Å². The smallest absolute Gasteiger partial charge is 0.324 e. The first-order valence-electron chi connectivity index (χ1n) is 4.02. The van der Waals surface area contributed by atoms with Crippen LogP contribution in [0.4, 0.5) is 0 Å². The van der Waals surface area contributed by atoms with Crippen LogP contribution in [-0.4, -0.2) is 27.3 Å². The molecule has 1 unspecified atom stereocenters. The van der Waals surface area contributed by atoms with Crippen molar-refractivity contribution in [3.8, 4) is 0 Å². The molecule has 0 saturated carbocycles. The highest BCUT2D eigenvalue weighted by atomic mass is 32.2. The van der Waals surface area contributed by atoms with E-state index in [9.17, 15) is 9.00 Å². The van der Waals surface area contributed by atoms with Gasteiger partial charge in [0.05, 0.1) is 6.61 Å². The van der Waals surface area contributed by atoms with E-state index < -0.39 is 15.5 Å². The molecule has 0 amide bonds. The molecule has 0 bridgehead atoms. The molecule has 0 aromatic rings. The minimum absolute atomic E-state index is 0.336. The molecule has 0 saturated heterocycles. The lowest BCUT2D eigenvalue weighted by molar-refractivity contribution is -0.145. The van der Waals surface area contributed by atoms with Crippen LogP contribution < -0.4 is 0 Å². The van der Waals surface area contributed by atoms with Gasteiger partial charge in [-0.05, 0) is 20.8 Å². The van der Waals surface area contributed by atoms with Gasteiger partial charge in [-0.1, -0.05) is 6.92 Å². The number of carbonyl (C=O) groups excluding carboxylic acids is 1. The van der Waals surface area contributed by atoms with E-state index in [1.165, 1.54) is 0 Å². The van der Waals surface area contributed by atoms with Gasteiger partial charge >= 0.3 is 5.97 Å². The standard InChI is InChI=1S/C8H16O3S/c1-5-11-7(9)8(3,4)12(10)6-2/h5-6H2,1-4H3. The molecule has 1 atom stereocenters. The quantitative estimate of drug-likeness (QED) is 0.626. The van der Waals surface area contributed by atoms with Crippen LogP contribution in [0.5, 0.6) is 0 Å². The predicted octanol–water partition coefficient (Wildman–Crippen LogP) is 1.10. The SMILES string of the molecule is CCOC(=O)C(C)(C)S(=O)CC. The second-order valence-electron chi connectivity index (χ2n) is 2.86. The fourth-order valence-electron chi connectivity index (χ4n) is 0.759. The summed E-state index contributed by atoms with van der Waals surface area (Å²) in [4.78, 5) is 11.2. The zero-order chi connectivity index (χ0) is 9.78. The van der Waals surface area contributed by atoms with E-state index in [1.54, 1.807) is 27.7 Å². The van der Waals surface area contributed by atoms with Crippen molar-refractivity contribution in [2.45, 2.75) is 32.4 Å². The maximum absolute atomic E-state index is 11.4. The normalized spacial score (nSPS) is 14.0. The third-order valence-electron chi connectivity index (χ3n) is 1.60. The van der Waals surface area contributed by atoms with Gasteiger partial charge in [0.1, 0.15) is 4.75 Å². The van der Waals surface area contributed by atoms with Crippen LogP contribution in [-0.2, 0) is 20.3 Å². The minimum atomic E-state index is -1.14. The summed E-state index contributed by atoms with van der Waals surface area (Å²) in [7, 11) is -1.14. The molecule has 3 nitrogen and oxygen atoms in total. The third-order valence-corrected chi connectivity index (χ3v) is 3.43.